The summed E-state index contributed by atoms with van der Waals surface area (Å²) in [6.45, 7) is -0.458. The van der Waals surface area contributed by atoms with E-state index in [1.165, 1.54) is 38.5 Å². The van der Waals surface area contributed by atoms with Crippen LogP contribution < -0.4 is 14.2 Å². The average Bonchev–Trinajstić information content (AvgIpc) is 2.70. The summed E-state index contributed by atoms with van der Waals surface area (Å²) in [6.07, 6.45) is 1.48. The van der Waals surface area contributed by atoms with Crippen LogP contribution in [0.3, 0.4) is 0 Å². The normalized spacial score (nSPS) is 13.2. The molecule has 0 unspecified atom stereocenters. The van der Waals surface area contributed by atoms with Crippen LogP contribution >= 0.6 is 0 Å². The maximum Gasteiger partial charge on any atom is 0.161 e. The van der Waals surface area contributed by atoms with E-state index in [0.717, 1.165) is 5.56 Å². The molecular formula is C20H22O7. The largest absolute Gasteiger partial charge is 0.504 e. The number of aliphatic hydroxyl groups excluding tert-OH is 2. The first-order valence-corrected chi connectivity index (χ1v) is 8.16. The highest BCUT2D eigenvalue weighted by Gasteiger charge is 2.24. The van der Waals surface area contributed by atoms with Crippen molar-refractivity contribution < 1.29 is 34.3 Å². The average molecular weight is 374 g/mol. The lowest BCUT2D eigenvalue weighted by atomic mass is 10.0. The Hall–Kier alpha value is -3.03. The topological polar surface area (TPSA) is 105 Å². The maximum absolute atomic E-state index is 10.6. The third kappa shape index (κ3) is 4.99. The highest BCUT2D eigenvalue weighted by molar-refractivity contribution is 5.74. The summed E-state index contributed by atoms with van der Waals surface area (Å²) in [7, 11) is 2.86. The van der Waals surface area contributed by atoms with Crippen LogP contribution in [-0.4, -0.2) is 48.5 Å². The van der Waals surface area contributed by atoms with Gasteiger partial charge in [-0.05, 0) is 41.5 Å². The molecule has 0 aliphatic carbocycles. The van der Waals surface area contributed by atoms with E-state index in [1.54, 1.807) is 24.3 Å². The lowest BCUT2D eigenvalue weighted by Gasteiger charge is -2.24. The third-order valence-electron chi connectivity index (χ3n) is 3.91. The van der Waals surface area contributed by atoms with Crippen LogP contribution in [-0.2, 0) is 4.79 Å². The Balaban J connectivity index is 2.25. The molecule has 144 valence electrons. The molecule has 2 rings (SSSR count). The van der Waals surface area contributed by atoms with Crippen molar-refractivity contribution in [2.45, 2.75) is 12.2 Å². The summed E-state index contributed by atoms with van der Waals surface area (Å²) in [5, 5.41) is 29.9. The van der Waals surface area contributed by atoms with Gasteiger partial charge in [-0.1, -0.05) is 18.2 Å². The second-order valence-corrected chi connectivity index (χ2v) is 5.62. The number of hydrogen-bond donors (Lipinski definition) is 3. The lowest BCUT2D eigenvalue weighted by molar-refractivity contribution is -0.104. The number of carbonyl (C=O) groups excluding carboxylic acids is 1. The fourth-order valence-electron chi connectivity index (χ4n) is 2.49. The van der Waals surface area contributed by atoms with Gasteiger partial charge in [0.05, 0.1) is 20.8 Å². The van der Waals surface area contributed by atoms with E-state index in [-0.39, 0.29) is 11.5 Å². The number of ether oxygens (including phenoxy) is 3. The minimum absolute atomic E-state index is 0.0597. The second kappa shape index (κ2) is 9.61. The minimum Gasteiger partial charge on any atom is -0.504 e. The van der Waals surface area contributed by atoms with Crippen molar-refractivity contribution in [1.82, 2.24) is 0 Å². The molecule has 27 heavy (non-hydrogen) atoms. The SMILES string of the molecule is COc1cc([C@H](O)[C@@H](CO)Oc2ccc(/C=C/C=O)cc2OC)ccc1O. The molecule has 0 aliphatic heterocycles. The van der Waals surface area contributed by atoms with E-state index in [4.69, 9.17) is 14.2 Å². The van der Waals surface area contributed by atoms with Crippen molar-refractivity contribution in [2.24, 2.45) is 0 Å². The summed E-state index contributed by atoms with van der Waals surface area (Å²) in [4.78, 5) is 10.4. The van der Waals surface area contributed by atoms with Gasteiger partial charge in [-0.15, -0.1) is 0 Å². The van der Waals surface area contributed by atoms with Crippen molar-refractivity contribution in [3.05, 3.63) is 53.6 Å². The number of aldehydes is 1. The molecule has 0 fully saturated rings. The van der Waals surface area contributed by atoms with Gasteiger partial charge in [-0.25, -0.2) is 0 Å². The maximum atomic E-state index is 10.6. The Kier molecular flexibility index (Phi) is 7.22. The third-order valence-corrected chi connectivity index (χ3v) is 3.91. The predicted molar refractivity (Wildman–Crippen MR) is 99.2 cm³/mol. The lowest BCUT2D eigenvalue weighted by Crippen LogP contribution is -2.29. The number of rotatable bonds is 9. The molecule has 0 radical (unpaired) electrons. The molecule has 2 aromatic rings. The first-order valence-electron chi connectivity index (χ1n) is 8.16. The molecule has 0 aliphatic rings. The summed E-state index contributed by atoms with van der Waals surface area (Å²) >= 11 is 0. The van der Waals surface area contributed by atoms with Gasteiger partial charge in [0.15, 0.2) is 29.1 Å². The van der Waals surface area contributed by atoms with Gasteiger partial charge in [0.1, 0.15) is 12.4 Å². The van der Waals surface area contributed by atoms with Crippen molar-refractivity contribution in [1.29, 1.82) is 0 Å². The molecule has 3 N–H and O–H groups in total. The first-order chi connectivity index (χ1) is 13.0. The van der Waals surface area contributed by atoms with E-state index in [0.29, 0.717) is 23.3 Å². The number of phenolic OH excluding ortho intramolecular Hbond substituents is 1. The smallest absolute Gasteiger partial charge is 0.161 e. The van der Waals surface area contributed by atoms with Crippen LogP contribution in [0.25, 0.3) is 6.08 Å². The van der Waals surface area contributed by atoms with Gasteiger partial charge in [0.25, 0.3) is 0 Å². The molecule has 0 saturated heterocycles. The van der Waals surface area contributed by atoms with E-state index >= 15 is 0 Å². The van der Waals surface area contributed by atoms with Crippen molar-refractivity contribution in [3.8, 4) is 23.0 Å². The quantitative estimate of drug-likeness (QED) is 0.456. The van der Waals surface area contributed by atoms with E-state index in [1.807, 2.05) is 0 Å². The number of methoxy groups -OCH3 is 2. The number of carbonyl (C=O) groups is 1. The zero-order valence-electron chi connectivity index (χ0n) is 15.0. The molecule has 0 amide bonds. The van der Waals surface area contributed by atoms with E-state index in [2.05, 4.69) is 0 Å². The van der Waals surface area contributed by atoms with Crippen LogP contribution in [0.5, 0.6) is 23.0 Å². The van der Waals surface area contributed by atoms with Crippen molar-refractivity contribution >= 4 is 12.4 Å². The fraction of sp³-hybridized carbons (Fsp3) is 0.250. The monoisotopic (exact) mass is 374 g/mol. The number of aromatic hydroxyl groups is 1. The Morgan fingerprint density at radius 3 is 2.41 bits per heavy atom. The summed E-state index contributed by atoms with van der Waals surface area (Å²) in [6, 6.07) is 9.37. The van der Waals surface area contributed by atoms with Crippen molar-refractivity contribution in [3.63, 3.8) is 0 Å². The molecule has 0 spiro atoms. The molecule has 2 aromatic carbocycles. The standard InChI is InChI=1S/C20H22O7/c1-25-17-11-14(6-7-15(17)23)20(24)19(12-22)27-16-8-5-13(4-3-9-21)10-18(16)26-2/h3-11,19-20,22-24H,12H2,1-2H3/b4-3+/t19-,20+/m1/s1. The Morgan fingerprint density at radius 1 is 1.04 bits per heavy atom. The number of phenols is 1. The van der Waals surface area contributed by atoms with Gasteiger partial charge in [0.2, 0.25) is 0 Å². The molecule has 7 nitrogen and oxygen atoms in total. The van der Waals surface area contributed by atoms with Crippen LogP contribution in [0.1, 0.15) is 17.2 Å². The molecule has 0 bridgehead atoms. The Labute approximate surface area is 157 Å². The number of hydrogen-bond acceptors (Lipinski definition) is 7. The number of allylic oxidation sites excluding steroid dienone is 1. The summed E-state index contributed by atoms with van der Waals surface area (Å²) < 4.78 is 16.1. The van der Waals surface area contributed by atoms with Gasteiger partial charge in [0, 0.05) is 0 Å². The highest BCUT2D eigenvalue weighted by atomic mass is 16.5. The van der Waals surface area contributed by atoms with Crippen LogP contribution in [0.15, 0.2) is 42.5 Å². The number of benzene rings is 2. The fourth-order valence-corrected chi connectivity index (χ4v) is 2.49. The van der Waals surface area contributed by atoms with Gasteiger partial charge < -0.3 is 29.5 Å². The van der Waals surface area contributed by atoms with Gasteiger partial charge in [-0.3, -0.25) is 4.79 Å². The number of aliphatic hydroxyl groups is 2. The summed E-state index contributed by atoms with van der Waals surface area (Å²) in [5.41, 5.74) is 1.14. The van der Waals surface area contributed by atoms with E-state index in [9.17, 15) is 20.1 Å². The van der Waals surface area contributed by atoms with Gasteiger partial charge >= 0.3 is 0 Å². The van der Waals surface area contributed by atoms with Crippen LogP contribution in [0.2, 0.25) is 0 Å². The molecule has 0 aromatic heterocycles. The predicted octanol–water partition coefficient (Wildman–Crippen LogP) is 2.09. The van der Waals surface area contributed by atoms with E-state index < -0.39 is 18.8 Å². The molecule has 7 heteroatoms. The summed E-state index contributed by atoms with van der Waals surface area (Å²) in [5.74, 6) is 0.851. The van der Waals surface area contributed by atoms with Crippen molar-refractivity contribution in [2.75, 3.05) is 20.8 Å². The molecule has 0 saturated carbocycles. The first kappa shape index (κ1) is 20.3. The van der Waals surface area contributed by atoms with Crippen LogP contribution in [0, 0.1) is 0 Å². The zero-order valence-corrected chi connectivity index (χ0v) is 15.0. The molecule has 0 heterocycles. The Morgan fingerprint density at radius 2 is 1.78 bits per heavy atom. The minimum atomic E-state index is -1.18. The van der Waals surface area contributed by atoms with Gasteiger partial charge in [-0.2, -0.15) is 0 Å². The molecular weight excluding hydrogens is 352 g/mol. The molecule has 2 atom stereocenters. The second-order valence-electron chi connectivity index (χ2n) is 5.62. The van der Waals surface area contributed by atoms with Crippen LogP contribution in [0.4, 0.5) is 0 Å². The highest BCUT2D eigenvalue weighted by Crippen LogP contribution is 2.34. The zero-order chi connectivity index (χ0) is 19.8. The Bertz CT molecular complexity index is 801.